The van der Waals surface area contributed by atoms with Crippen LogP contribution >= 0.6 is 11.8 Å². The molecule has 11 heteroatoms. The Balaban J connectivity index is 1.68. The van der Waals surface area contributed by atoms with Crippen LogP contribution in [0.1, 0.15) is 26.3 Å². The molecule has 3 aromatic rings. The fourth-order valence-electron chi connectivity index (χ4n) is 2.59. The first-order valence-corrected chi connectivity index (χ1v) is 10.1. The van der Waals surface area contributed by atoms with Crippen LogP contribution in [0.4, 0.5) is 11.5 Å². The van der Waals surface area contributed by atoms with Gasteiger partial charge in [0.15, 0.2) is 16.7 Å². The zero-order valence-electron chi connectivity index (χ0n) is 16.3. The van der Waals surface area contributed by atoms with Gasteiger partial charge in [-0.05, 0) is 41.4 Å². The van der Waals surface area contributed by atoms with E-state index in [4.69, 9.17) is 4.63 Å². The maximum atomic E-state index is 12.3. The Morgan fingerprint density at radius 2 is 1.86 bits per heavy atom. The number of anilines is 2. The highest BCUT2D eigenvalue weighted by atomic mass is 32.2. The predicted octanol–water partition coefficient (Wildman–Crippen LogP) is 2.60. The lowest BCUT2D eigenvalue weighted by molar-refractivity contribution is -0.114. The maximum absolute atomic E-state index is 12.3. The summed E-state index contributed by atoms with van der Waals surface area (Å²) in [5, 5.41) is 21.7. The number of aromatic nitrogens is 5. The second-order valence-electron chi connectivity index (χ2n) is 6.08. The molecular formula is C18H21N7O3S. The summed E-state index contributed by atoms with van der Waals surface area (Å²) in [4.78, 5) is 23.6. The summed E-state index contributed by atoms with van der Waals surface area (Å²) in [5.41, 5.74) is 2.24. The van der Waals surface area contributed by atoms with Crippen LogP contribution in [-0.4, -0.2) is 42.6 Å². The van der Waals surface area contributed by atoms with Gasteiger partial charge in [-0.3, -0.25) is 9.59 Å². The van der Waals surface area contributed by atoms with Gasteiger partial charge < -0.3 is 15.2 Å². The molecule has 2 heterocycles. The van der Waals surface area contributed by atoms with Gasteiger partial charge in [0.05, 0.1) is 5.75 Å². The van der Waals surface area contributed by atoms with Crippen LogP contribution in [0.3, 0.4) is 0 Å². The van der Waals surface area contributed by atoms with E-state index in [0.717, 1.165) is 12.1 Å². The van der Waals surface area contributed by atoms with E-state index in [1.807, 2.05) is 31.2 Å². The van der Waals surface area contributed by atoms with Crippen molar-refractivity contribution in [1.29, 1.82) is 0 Å². The number of nitrogens with one attached hydrogen (secondary N) is 2. The minimum absolute atomic E-state index is 0.145. The molecule has 0 aliphatic rings. The van der Waals surface area contributed by atoms with Crippen LogP contribution in [0.15, 0.2) is 34.1 Å². The van der Waals surface area contributed by atoms with Gasteiger partial charge in [-0.25, -0.2) is 4.63 Å². The van der Waals surface area contributed by atoms with Gasteiger partial charge >= 0.3 is 0 Å². The van der Waals surface area contributed by atoms with Crippen molar-refractivity contribution in [2.75, 3.05) is 16.4 Å². The highest BCUT2D eigenvalue weighted by Gasteiger charge is 2.22. The molecule has 0 bridgehead atoms. The highest BCUT2D eigenvalue weighted by Crippen LogP contribution is 2.27. The van der Waals surface area contributed by atoms with Crippen LogP contribution in [0.5, 0.6) is 0 Å². The minimum atomic E-state index is -0.303. The van der Waals surface area contributed by atoms with Crippen molar-refractivity contribution < 1.29 is 14.2 Å². The van der Waals surface area contributed by atoms with E-state index in [9.17, 15) is 9.59 Å². The van der Waals surface area contributed by atoms with E-state index in [1.54, 1.807) is 4.57 Å². The molecule has 0 radical (unpaired) electrons. The number of rotatable bonds is 8. The third kappa shape index (κ3) is 4.99. The Hall–Kier alpha value is -3.21. The molecule has 0 aliphatic heterocycles. The summed E-state index contributed by atoms with van der Waals surface area (Å²) < 4.78 is 6.50. The Bertz CT molecular complexity index is 997. The van der Waals surface area contributed by atoms with Crippen LogP contribution < -0.4 is 10.6 Å². The summed E-state index contributed by atoms with van der Waals surface area (Å²) in [5.74, 6) is 0.291. The fraction of sp³-hybridized carbons (Fsp3) is 0.333. The molecule has 152 valence electrons. The lowest BCUT2D eigenvalue weighted by Crippen LogP contribution is -2.14. The quantitative estimate of drug-likeness (QED) is 0.537. The standard InChI is InChI=1S/C18H21N7O3S/c1-4-12-6-8-13(9-7-12)20-14(27)10-29-18-22-21-17(25(18)5-2)15-16(19-11(3)26)24-28-23-15/h6-9H,4-5,10H2,1-3H3,(H,20,27)(H,19,24,26). The Morgan fingerprint density at radius 1 is 1.10 bits per heavy atom. The third-order valence-corrected chi connectivity index (χ3v) is 4.97. The van der Waals surface area contributed by atoms with Crippen LogP contribution in [0.25, 0.3) is 11.5 Å². The van der Waals surface area contributed by atoms with Crippen molar-refractivity contribution in [2.45, 2.75) is 38.9 Å². The molecule has 1 aromatic carbocycles. The Labute approximate surface area is 171 Å². The average molecular weight is 415 g/mol. The summed E-state index contributed by atoms with van der Waals surface area (Å²) in [6.07, 6.45) is 0.948. The molecule has 2 aromatic heterocycles. The van der Waals surface area contributed by atoms with Gasteiger partial charge in [-0.15, -0.1) is 10.2 Å². The summed E-state index contributed by atoms with van der Waals surface area (Å²) in [6.45, 7) is 5.89. The topological polar surface area (TPSA) is 128 Å². The number of carbonyl (C=O) groups is 2. The summed E-state index contributed by atoms with van der Waals surface area (Å²) >= 11 is 1.26. The number of amides is 2. The number of hydrogen-bond acceptors (Lipinski definition) is 8. The molecule has 0 unspecified atom stereocenters. The minimum Gasteiger partial charge on any atom is -0.325 e. The van der Waals surface area contributed by atoms with E-state index in [0.29, 0.717) is 17.5 Å². The van der Waals surface area contributed by atoms with E-state index >= 15 is 0 Å². The number of nitrogens with zero attached hydrogens (tertiary/aromatic N) is 5. The first-order valence-electron chi connectivity index (χ1n) is 9.07. The van der Waals surface area contributed by atoms with E-state index in [2.05, 4.69) is 38.1 Å². The zero-order valence-corrected chi connectivity index (χ0v) is 17.1. The van der Waals surface area contributed by atoms with Crippen molar-refractivity contribution in [3.8, 4) is 11.5 Å². The summed E-state index contributed by atoms with van der Waals surface area (Å²) in [7, 11) is 0. The van der Waals surface area contributed by atoms with Crippen molar-refractivity contribution in [3.63, 3.8) is 0 Å². The van der Waals surface area contributed by atoms with Gasteiger partial charge in [0.25, 0.3) is 0 Å². The first-order chi connectivity index (χ1) is 14.0. The average Bonchev–Trinajstić information content (AvgIpc) is 3.32. The zero-order chi connectivity index (χ0) is 20.8. The van der Waals surface area contributed by atoms with Gasteiger partial charge in [0, 0.05) is 19.2 Å². The second-order valence-corrected chi connectivity index (χ2v) is 7.02. The molecule has 0 atom stereocenters. The molecule has 10 nitrogen and oxygen atoms in total. The lowest BCUT2D eigenvalue weighted by Gasteiger charge is -2.07. The van der Waals surface area contributed by atoms with E-state index in [1.165, 1.54) is 24.2 Å². The lowest BCUT2D eigenvalue weighted by atomic mass is 10.1. The molecule has 2 N–H and O–H groups in total. The second kappa shape index (κ2) is 9.32. The molecule has 0 aliphatic carbocycles. The van der Waals surface area contributed by atoms with Crippen molar-refractivity contribution in [1.82, 2.24) is 25.1 Å². The summed E-state index contributed by atoms with van der Waals surface area (Å²) in [6, 6.07) is 7.74. The first kappa shape index (κ1) is 20.5. The third-order valence-electron chi connectivity index (χ3n) is 4.01. The number of hydrogen-bond donors (Lipinski definition) is 2. The monoisotopic (exact) mass is 415 g/mol. The number of aryl methyl sites for hydroxylation is 1. The van der Waals surface area contributed by atoms with Gasteiger partial charge in [0.1, 0.15) is 0 Å². The SMILES string of the molecule is CCc1ccc(NC(=O)CSc2nnc(-c3nonc3NC(C)=O)n2CC)cc1. The van der Waals surface area contributed by atoms with Crippen molar-refractivity contribution in [2.24, 2.45) is 0 Å². The van der Waals surface area contributed by atoms with Crippen LogP contribution in [0, 0.1) is 0 Å². The fourth-order valence-corrected chi connectivity index (χ4v) is 3.39. The van der Waals surface area contributed by atoms with Gasteiger partial charge in [0.2, 0.25) is 17.6 Å². The molecular weight excluding hydrogens is 394 g/mol. The van der Waals surface area contributed by atoms with Gasteiger partial charge in [-0.2, -0.15) is 0 Å². The van der Waals surface area contributed by atoms with E-state index in [-0.39, 0.29) is 29.1 Å². The number of carbonyl (C=O) groups excluding carboxylic acids is 2. The van der Waals surface area contributed by atoms with Crippen molar-refractivity contribution in [3.05, 3.63) is 29.8 Å². The van der Waals surface area contributed by atoms with Gasteiger partial charge in [-0.1, -0.05) is 30.8 Å². The Morgan fingerprint density at radius 3 is 2.52 bits per heavy atom. The molecule has 0 spiro atoms. The molecule has 0 saturated carbocycles. The Kier molecular flexibility index (Phi) is 6.60. The smallest absolute Gasteiger partial charge is 0.234 e. The number of thioether (sulfide) groups is 1. The molecule has 29 heavy (non-hydrogen) atoms. The predicted molar refractivity (Wildman–Crippen MR) is 108 cm³/mol. The van der Waals surface area contributed by atoms with E-state index < -0.39 is 0 Å². The molecule has 2 amide bonds. The maximum Gasteiger partial charge on any atom is 0.234 e. The molecule has 0 fully saturated rings. The highest BCUT2D eigenvalue weighted by molar-refractivity contribution is 7.99. The van der Waals surface area contributed by atoms with Crippen LogP contribution in [0.2, 0.25) is 0 Å². The molecule has 0 saturated heterocycles. The number of benzene rings is 1. The normalized spacial score (nSPS) is 10.7. The van der Waals surface area contributed by atoms with Crippen LogP contribution in [-0.2, 0) is 22.6 Å². The van der Waals surface area contributed by atoms with Crippen molar-refractivity contribution >= 4 is 35.1 Å². The largest absolute Gasteiger partial charge is 0.325 e. The molecule has 3 rings (SSSR count).